The maximum absolute atomic E-state index is 12.9. The highest BCUT2D eigenvalue weighted by molar-refractivity contribution is 5.82. The lowest BCUT2D eigenvalue weighted by Gasteiger charge is -2.13. The summed E-state index contributed by atoms with van der Waals surface area (Å²) >= 11 is 0. The number of hydrogen-bond donors (Lipinski definition) is 0. The quantitative estimate of drug-likeness (QED) is 0.639. The Morgan fingerprint density at radius 2 is 1.86 bits per heavy atom. The van der Waals surface area contributed by atoms with Crippen molar-refractivity contribution < 1.29 is 17.6 Å². The first-order chi connectivity index (χ1) is 10.5. The zero-order valence-corrected chi connectivity index (χ0v) is 11.7. The summed E-state index contributed by atoms with van der Waals surface area (Å²) in [6, 6.07) is 10.5. The van der Waals surface area contributed by atoms with Crippen LogP contribution in [0.2, 0.25) is 0 Å². The highest BCUT2D eigenvalue weighted by atomic mass is 19.4. The van der Waals surface area contributed by atoms with Crippen LogP contribution >= 0.6 is 0 Å². The molecule has 0 unspecified atom stereocenters. The van der Waals surface area contributed by atoms with E-state index in [1.54, 1.807) is 37.4 Å². The van der Waals surface area contributed by atoms with Crippen LogP contribution in [0, 0.1) is 6.92 Å². The van der Waals surface area contributed by atoms with E-state index in [1.165, 1.54) is 12.3 Å². The molecule has 0 fully saturated rings. The molecule has 0 aliphatic rings. The number of pyridine rings is 1. The summed E-state index contributed by atoms with van der Waals surface area (Å²) in [6.07, 6.45) is -1.23. The second-order valence-corrected chi connectivity index (χ2v) is 4.87. The van der Waals surface area contributed by atoms with E-state index in [4.69, 9.17) is 4.42 Å². The number of aryl methyl sites for hydroxylation is 1. The fourth-order valence-corrected chi connectivity index (χ4v) is 2.42. The molecule has 22 heavy (non-hydrogen) atoms. The number of alkyl halides is 3. The van der Waals surface area contributed by atoms with E-state index in [-0.39, 0.29) is 0 Å². The molecule has 112 valence electrons. The Hall–Kier alpha value is -2.56. The molecule has 5 heteroatoms. The van der Waals surface area contributed by atoms with Crippen molar-refractivity contribution >= 4 is 0 Å². The zero-order valence-electron chi connectivity index (χ0n) is 11.7. The highest BCUT2D eigenvalue weighted by Gasteiger charge is 2.30. The van der Waals surface area contributed by atoms with Gasteiger partial charge in [-0.2, -0.15) is 13.2 Å². The van der Waals surface area contributed by atoms with Gasteiger partial charge in [0.25, 0.3) is 0 Å². The third-order valence-corrected chi connectivity index (χ3v) is 3.41. The highest BCUT2D eigenvalue weighted by Crippen LogP contribution is 2.37. The predicted octanol–water partition coefficient (Wildman–Crippen LogP) is 5.34. The Balaban J connectivity index is 2.21. The molecule has 0 atom stereocenters. The summed E-state index contributed by atoms with van der Waals surface area (Å²) in [4.78, 5) is 4.19. The van der Waals surface area contributed by atoms with Crippen LogP contribution in [-0.2, 0) is 6.18 Å². The van der Waals surface area contributed by atoms with E-state index < -0.39 is 11.7 Å². The molecule has 0 bridgehead atoms. The van der Waals surface area contributed by atoms with Crippen LogP contribution in [0.3, 0.4) is 0 Å². The molecule has 0 N–H and O–H groups in total. The van der Waals surface area contributed by atoms with Crippen molar-refractivity contribution in [1.29, 1.82) is 0 Å². The van der Waals surface area contributed by atoms with Crippen molar-refractivity contribution in [1.82, 2.24) is 4.98 Å². The van der Waals surface area contributed by atoms with Crippen LogP contribution < -0.4 is 0 Å². The summed E-state index contributed by atoms with van der Waals surface area (Å²) in [5.41, 5.74) is 1.79. The lowest BCUT2D eigenvalue weighted by atomic mass is 9.96. The molecule has 0 aliphatic heterocycles. The van der Waals surface area contributed by atoms with Crippen LogP contribution in [0.5, 0.6) is 0 Å². The minimum atomic E-state index is -4.38. The average Bonchev–Trinajstić information content (AvgIpc) is 3.00. The molecule has 3 aromatic rings. The zero-order chi connectivity index (χ0) is 15.7. The van der Waals surface area contributed by atoms with Gasteiger partial charge in [-0.1, -0.05) is 12.1 Å². The van der Waals surface area contributed by atoms with Gasteiger partial charge in [-0.15, -0.1) is 0 Å². The van der Waals surface area contributed by atoms with E-state index in [2.05, 4.69) is 4.98 Å². The topological polar surface area (TPSA) is 26.0 Å². The molecule has 0 spiro atoms. The first-order valence-electron chi connectivity index (χ1n) is 6.64. The smallest absolute Gasteiger partial charge is 0.416 e. The van der Waals surface area contributed by atoms with Crippen molar-refractivity contribution in [2.24, 2.45) is 0 Å². The second kappa shape index (κ2) is 5.33. The molecule has 2 nitrogen and oxygen atoms in total. The monoisotopic (exact) mass is 303 g/mol. The fraction of sp³-hybridized carbons (Fsp3) is 0.118. The van der Waals surface area contributed by atoms with Gasteiger partial charge < -0.3 is 4.42 Å². The number of rotatable bonds is 2. The first kappa shape index (κ1) is 14.4. The number of halogens is 3. The second-order valence-electron chi connectivity index (χ2n) is 4.87. The van der Waals surface area contributed by atoms with Gasteiger partial charge in [0.2, 0.25) is 0 Å². The third kappa shape index (κ3) is 2.62. The molecular formula is C17H12F3NO. The van der Waals surface area contributed by atoms with Crippen LogP contribution in [0.4, 0.5) is 13.2 Å². The molecule has 2 heterocycles. The van der Waals surface area contributed by atoms with Gasteiger partial charge in [0.15, 0.2) is 0 Å². The summed E-state index contributed by atoms with van der Waals surface area (Å²) in [7, 11) is 0. The third-order valence-electron chi connectivity index (χ3n) is 3.41. The van der Waals surface area contributed by atoms with E-state index in [0.29, 0.717) is 22.6 Å². The minimum Gasteiger partial charge on any atom is -0.464 e. The molecule has 3 rings (SSSR count). The van der Waals surface area contributed by atoms with Gasteiger partial charge >= 0.3 is 6.18 Å². The van der Waals surface area contributed by atoms with E-state index >= 15 is 0 Å². The van der Waals surface area contributed by atoms with Gasteiger partial charge in [0, 0.05) is 23.0 Å². The van der Waals surface area contributed by atoms with E-state index in [9.17, 15) is 13.2 Å². The van der Waals surface area contributed by atoms with Crippen LogP contribution in [0.25, 0.3) is 22.5 Å². The maximum atomic E-state index is 12.9. The Morgan fingerprint density at radius 3 is 2.55 bits per heavy atom. The van der Waals surface area contributed by atoms with Crippen LogP contribution in [0.1, 0.15) is 11.3 Å². The van der Waals surface area contributed by atoms with Crippen LogP contribution in [-0.4, -0.2) is 4.98 Å². The molecule has 0 aliphatic carbocycles. The summed E-state index contributed by atoms with van der Waals surface area (Å²) in [6.45, 7) is 1.77. The lowest BCUT2D eigenvalue weighted by molar-refractivity contribution is -0.137. The molecule has 2 aromatic heterocycles. The van der Waals surface area contributed by atoms with Crippen molar-refractivity contribution in [2.75, 3.05) is 0 Å². The number of benzene rings is 1. The van der Waals surface area contributed by atoms with Gasteiger partial charge in [0.05, 0.1) is 11.8 Å². The van der Waals surface area contributed by atoms with Crippen molar-refractivity contribution in [3.05, 3.63) is 66.2 Å². The Morgan fingerprint density at radius 1 is 1.05 bits per heavy atom. The molecule has 0 radical (unpaired) electrons. The molecule has 1 aromatic carbocycles. The minimum absolute atomic E-state index is 0.465. The summed E-state index contributed by atoms with van der Waals surface area (Å²) < 4.78 is 44.2. The van der Waals surface area contributed by atoms with Gasteiger partial charge in [-0.25, -0.2) is 0 Å². The standard InChI is InChI=1S/C17H12F3NO/c1-11-16(12-4-2-5-13(10-12)17(18,19)20)14(7-8-21-11)15-6-3-9-22-15/h2-10H,1H3. The number of aromatic nitrogens is 1. The average molecular weight is 303 g/mol. The lowest BCUT2D eigenvalue weighted by Crippen LogP contribution is -2.04. The van der Waals surface area contributed by atoms with Gasteiger partial charge in [-0.05, 0) is 42.8 Å². The van der Waals surface area contributed by atoms with Gasteiger partial charge in [-0.3, -0.25) is 4.98 Å². The number of nitrogens with zero attached hydrogens (tertiary/aromatic N) is 1. The Bertz CT molecular complexity index is 792. The molecule has 0 saturated heterocycles. The largest absolute Gasteiger partial charge is 0.464 e. The Kier molecular flexibility index (Phi) is 3.48. The van der Waals surface area contributed by atoms with Crippen molar-refractivity contribution in [3.8, 4) is 22.5 Å². The molecular weight excluding hydrogens is 291 g/mol. The maximum Gasteiger partial charge on any atom is 0.416 e. The van der Waals surface area contributed by atoms with Gasteiger partial charge in [0.1, 0.15) is 5.76 Å². The SMILES string of the molecule is Cc1nccc(-c2ccco2)c1-c1cccc(C(F)(F)F)c1. The molecule has 0 saturated carbocycles. The number of hydrogen-bond acceptors (Lipinski definition) is 2. The predicted molar refractivity (Wildman–Crippen MR) is 77.1 cm³/mol. The van der Waals surface area contributed by atoms with Crippen molar-refractivity contribution in [2.45, 2.75) is 13.1 Å². The van der Waals surface area contributed by atoms with Crippen LogP contribution in [0.15, 0.2) is 59.3 Å². The Labute approximate surface area is 125 Å². The first-order valence-corrected chi connectivity index (χ1v) is 6.64. The summed E-state index contributed by atoms with van der Waals surface area (Å²) in [5, 5.41) is 0. The molecule has 0 amide bonds. The van der Waals surface area contributed by atoms with Crippen molar-refractivity contribution in [3.63, 3.8) is 0 Å². The van der Waals surface area contributed by atoms with E-state index in [0.717, 1.165) is 17.7 Å². The normalized spacial score (nSPS) is 11.6. The number of furan rings is 1. The van der Waals surface area contributed by atoms with E-state index in [1.807, 2.05) is 0 Å². The fourth-order valence-electron chi connectivity index (χ4n) is 2.42. The summed E-state index contributed by atoms with van der Waals surface area (Å²) in [5.74, 6) is 0.595.